The molecule has 0 saturated carbocycles. The quantitative estimate of drug-likeness (QED) is 0.692. The van der Waals surface area contributed by atoms with E-state index in [1.807, 2.05) is 12.1 Å². The van der Waals surface area contributed by atoms with E-state index in [1.54, 1.807) is 6.07 Å². The molecule has 1 aromatic carbocycles. The lowest BCUT2D eigenvalue weighted by Crippen LogP contribution is -2.13. The Morgan fingerprint density at radius 2 is 2.09 bits per heavy atom. The Balaban J connectivity index is 1.74. The summed E-state index contributed by atoms with van der Waals surface area (Å²) in [5, 5.41) is 3.51. The van der Waals surface area contributed by atoms with Crippen molar-refractivity contribution in [1.82, 2.24) is 4.98 Å². The molecule has 0 bridgehead atoms. The molecule has 0 spiro atoms. The second-order valence-electron chi connectivity index (χ2n) is 5.33. The van der Waals surface area contributed by atoms with Crippen LogP contribution < -0.4 is 5.32 Å². The molecule has 1 N–H and O–H groups in total. The van der Waals surface area contributed by atoms with Crippen LogP contribution in [0.25, 0.3) is 10.2 Å². The number of thiazole rings is 1. The van der Waals surface area contributed by atoms with Gasteiger partial charge in [-0.2, -0.15) is 0 Å². The molecular formula is C16H15ClN2OS2. The van der Waals surface area contributed by atoms with Crippen molar-refractivity contribution in [2.75, 3.05) is 5.32 Å². The number of hydrogen-bond donors (Lipinski definition) is 1. The van der Waals surface area contributed by atoms with E-state index >= 15 is 0 Å². The van der Waals surface area contributed by atoms with E-state index in [9.17, 15) is 4.79 Å². The lowest BCUT2D eigenvalue weighted by atomic mass is 10.0. The van der Waals surface area contributed by atoms with E-state index < -0.39 is 0 Å². The normalized spacial score (nSPS) is 11.3. The third-order valence-electron chi connectivity index (χ3n) is 3.29. The van der Waals surface area contributed by atoms with Crippen LogP contribution in [0.5, 0.6) is 0 Å². The molecule has 3 aromatic rings. The van der Waals surface area contributed by atoms with Crippen LogP contribution in [-0.2, 0) is 11.2 Å². The van der Waals surface area contributed by atoms with Gasteiger partial charge >= 0.3 is 0 Å². The fraction of sp³-hybridized carbons (Fsp3) is 0.250. The van der Waals surface area contributed by atoms with Gasteiger partial charge in [0, 0.05) is 4.88 Å². The van der Waals surface area contributed by atoms with Crippen LogP contribution in [0.2, 0.25) is 4.34 Å². The molecule has 1 amide bonds. The van der Waals surface area contributed by atoms with E-state index in [4.69, 9.17) is 11.6 Å². The summed E-state index contributed by atoms with van der Waals surface area (Å²) in [5.74, 6) is 0.412. The van der Waals surface area contributed by atoms with Crippen LogP contribution in [0.1, 0.15) is 30.2 Å². The van der Waals surface area contributed by atoms with E-state index in [-0.39, 0.29) is 5.91 Å². The molecule has 0 unspecified atom stereocenters. The highest BCUT2D eigenvalue weighted by Crippen LogP contribution is 2.29. The number of halogens is 1. The average Bonchev–Trinajstić information content (AvgIpc) is 3.03. The number of fused-ring (bicyclic) bond motifs is 1. The summed E-state index contributed by atoms with van der Waals surface area (Å²) in [7, 11) is 0. The Hall–Kier alpha value is -1.43. The molecule has 0 radical (unpaired) electrons. The Morgan fingerprint density at radius 1 is 1.27 bits per heavy atom. The summed E-state index contributed by atoms with van der Waals surface area (Å²) < 4.78 is 1.80. The van der Waals surface area contributed by atoms with Crippen molar-refractivity contribution >= 4 is 55.5 Å². The number of benzene rings is 1. The average molecular weight is 351 g/mol. The van der Waals surface area contributed by atoms with Gasteiger partial charge in [0.1, 0.15) is 0 Å². The number of amides is 1. The lowest BCUT2D eigenvalue weighted by Gasteiger charge is -2.03. The second-order valence-corrected chi connectivity index (χ2v) is 8.16. The topological polar surface area (TPSA) is 42.0 Å². The van der Waals surface area contributed by atoms with Crippen molar-refractivity contribution in [3.63, 3.8) is 0 Å². The minimum atomic E-state index is -0.0679. The van der Waals surface area contributed by atoms with Crippen LogP contribution in [0.3, 0.4) is 0 Å². The minimum absolute atomic E-state index is 0.0679. The molecule has 2 aromatic heterocycles. The fourth-order valence-electron chi connectivity index (χ4n) is 2.12. The van der Waals surface area contributed by atoms with Gasteiger partial charge in [0.25, 0.3) is 0 Å². The summed E-state index contributed by atoms with van der Waals surface area (Å²) in [4.78, 5) is 17.5. The number of rotatable bonds is 4. The number of carbonyl (C=O) groups is 1. The largest absolute Gasteiger partial charge is 0.302 e. The Kier molecular flexibility index (Phi) is 4.47. The number of nitrogens with zero attached hydrogens (tertiary/aromatic N) is 1. The lowest BCUT2D eigenvalue weighted by molar-refractivity contribution is -0.115. The van der Waals surface area contributed by atoms with Gasteiger partial charge in [-0.3, -0.25) is 4.79 Å². The van der Waals surface area contributed by atoms with Gasteiger partial charge in [0.15, 0.2) is 5.13 Å². The molecule has 3 nitrogen and oxygen atoms in total. The van der Waals surface area contributed by atoms with Crippen molar-refractivity contribution in [3.8, 4) is 0 Å². The van der Waals surface area contributed by atoms with Crippen LogP contribution in [0.4, 0.5) is 5.13 Å². The number of thiophene rings is 1. The first-order valence-electron chi connectivity index (χ1n) is 6.96. The van der Waals surface area contributed by atoms with Crippen LogP contribution >= 0.6 is 34.3 Å². The van der Waals surface area contributed by atoms with Crippen LogP contribution in [0, 0.1) is 0 Å². The molecule has 6 heteroatoms. The summed E-state index contributed by atoms with van der Waals surface area (Å²) in [6.07, 6.45) is 0.324. The third-order valence-corrected chi connectivity index (χ3v) is 5.45. The maximum Gasteiger partial charge on any atom is 0.231 e. The first-order chi connectivity index (χ1) is 10.5. The molecule has 0 fully saturated rings. The predicted octanol–water partition coefficient (Wildman–Crippen LogP) is 5.32. The fourth-order valence-corrected chi connectivity index (χ4v) is 4.14. The zero-order chi connectivity index (χ0) is 15.7. The van der Waals surface area contributed by atoms with Gasteiger partial charge in [-0.05, 0) is 35.7 Å². The first kappa shape index (κ1) is 15.5. The molecule has 2 heterocycles. The maximum absolute atomic E-state index is 12.1. The van der Waals surface area contributed by atoms with Gasteiger partial charge in [-0.25, -0.2) is 4.98 Å². The molecule has 0 aliphatic heterocycles. The van der Waals surface area contributed by atoms with Crippen molar-refractivity contribution in [1.29, 1.82) is 0 Å². The van der Waals surface area contributed by atoms with Crippen molar-refractivity contribution < 1.29 is 4.79 Å². The van der Waals surface area contributed by atoms with Crippen molar-refractivity contribution in [3.05, 3.63) is 45.1 Å². The summed E-state index contributed by atoms with van der Waals surface area (Å²) in [6.45, 7) is 4.33. The molecule has 114 valence electrons. The van der Waals surface area contributed by atoms with Gasteiger partial charge in [0.05, 0.1) is 21.0 Å². The van der Waals surface area contributed by atoms with E-state index in [0.29, 0.717) is 21.8 Å². The highest BCUT2D eigenvalue weighted by molar-refractivity contribution is 7.22. The molecule has 0 atom stereocenters. The Morgan fingerprint density at radius 3 is 2.77 bits per heavy atom. The number of hydrogen-bond acceptors (Lipinski definition) is 4. The van der Waals surface area contributed by atoms with Gasteiger partial charge in [0.2, 0.25) is 5.91 Å². The second kappa shape index (κ2) is 6.36. The van der Waals surface area contributed by atoms with Crippen LogP contribution in [-0.4, -0.2) is 10.9 Å². The monoisotopic (exact) mass is 350 g/mol. The Bertz CT molecular complexity index is 823. The summed E-state index contributed by atoms with van der Waals surface area (Å²) in [6, 6.07) is 9.92. The predicted molar refractivity (Wildman–Crippen MR) is 95.4 cm³/mol. The maximum atomic E-state index is 12.1. The third kappa shape index (κ3) is 3.48. The highest BCUT2D eigenvalue weighted by Gasteiger charge is 2.11. The molecule has 0 aliphatic carbocycles. The van der Waals surface area contributed by atoms with E-state index in [0.717, 1.165) is 15.1 Å². The molecule has 0 saturated heterocycles. The number of nitrogens with one attached hydrogen (secondary N) is 1. The van der Waals surface area contributed by atoms with Gasteiger partial charge in [-0.1, -0.05) is 42.9 Å². The van der Waals surface area contributed by atoms with Crippen LogP contribution in [0.15, 0.2) is 30.3 Å². The van der Waals surface area contributed by atoms with Crippen molar-refractivity contribution in [2.45, 2.75) is 26.2 Å². The smallest absolute Gasteiger partial charge is 0.231 e. The molecule has 3 rings (SSSR count). The minimum Gasteiger partial charge on any atom is -0.302 e. The first-order valence-corrected chi connectivity index (χ1v) is 8.97. The summed E-state index contributed by atoms with van der Waals surface area (Å²) in [5.41, 5.74) is 2.20. The van der Waals surface area contributed by atoms with E-state index in [2.05, 4.69) is 36.3 Å². The number of carbonyl (C=O) groups excluding carboxylic acids is 1. The standard InChI is InChI=1S/C16H15ClN2OS2/c1-9(2)10-3-5-12-13(7-10)22-16(18-12)19-15(20)8-11-4-6-14(17)21-11/h3-7,9H,8H2,1-2H3,(H,18,19,20). The SMILES string of the molecule is CC(C)c1ccc2nc(NC(=O)Cc3ccc(Cl)s3)sc2c1. The molecule has 0 aliphatic rings. The summed E-state index contributed by atoms with van der Waals surface area (Å²) >= 11 is 8.81. The van der Waals surface area contributed by atoms with Gasteiger partial charge in [-0.15, -0.1) is 11.3 Å². The van der Waals surface area contributed by atoms with E-state index in [1.165, 1.54) is 28.2 Å². The van der Waals surface area contributed by atoms with Gasteiger partial charge < -0.3 is 5.32 Å². The highest BCUT2D eigenvalue weighted by atomic mass is 35.5. The number of anilines is 1. The number of aromatic nitrogens is 1. The molecular weight excluding hydrogens is 336 g/mol. The van der Waals surface area contributed by atoms with Crippen molar-refractivity contribution in [2.24, 2.45) is 0 Å². The zero-order valence-electron chi connectivity index (χ0n) is 12.2. The molecule has 22 heavy (non-hydrogen) atoms. The Labute approximate surface area is 142 Å². The zero-order valence-corrected chi connectivity index (χ0v) is 14.6.